The van der Waals surface area contributed by atoms with Crippen LogP contribution in [0.4, 0.5) is 5.69 Å². The highest BCUT2D eigenvalue weighted by atomic mass is 16.2. The normalized spacial score (nSPS) is 23.0. The Morgan fingerprint density at radius 2 is 1.52 bits per heavy atom. The summed E-state index contributed by atoms with van der Waals surface area (Å²) in [4.78, 5) is 33.5. The first kappa shape index (κ1) is 18.3. The number of anilines is 1. The van der Waals surface area contributed by atoms with Crippen molar-refractivity contribution in [3.05, 3.63) is 29.8 Å². The van der Waals surface area contributed by atoms with Crippen LogP contribution in [0.2, 0.25) is 0 Å². The Kier molecular flexibility index (Phi) is 5.34. The van der Waals surface area contributed by atoms with Crippen LogP contribution < -0.4 is 4.90 Å². The standard InChI is InChI=1S/C21H30N4O2/c1-17-14-18-6-2-3-7-19(18)25(17)16-21(27)24-12-10-22(11-13-24)15-20(26)23-8-4-5-9-23/h2-3,6-7,17H,4-5,8-16H2,1H3/t17-/m1/s1. The SMILES string of the molecule is C[C@@H]1Cc2ccccc2N1CC(=O)N1CCN(CC(=O)N2CCCC2)CC1. The first-order valence-corrected chi connectivity index (χ1v) is 10.2. The van der Waals surface area contributed by atoms with Gasteiger partial charge in [0.05, 0.1) is 13.1 Å². The van der Waals surface area contributed by atoms with Crippen LogP contribution in [0.25, 0.3) is 0 Å². The molecule has 3 heterocycles. The first-order chi connectivity index (χ1) is 13.1. The number of fused-ring (bicyclic) bond motifs is 1. The minimum atomic E-state index is 0.198. The highest BCUT2D eigenvalue weighted by Gasteiger charge is 2.30. The average Bonchev–Trinajstić information content (AvgIpc) is 3.31. The second-order valence-electron chi connectivity index (χ2n) is 8.05. The van der Waals surface area contributed by atoms with Crippen molar-refractivity contribution in [2.45, 2.75) is 32.2 Å². The molecule has 6 heteroatoms. The molecular weight excluding hydrogens is 340 g/mol. The predicted molar refractivity (Wildman–Crippen MR) is 106 cm³/mol. The summed E-state index contributed by atoms with van der Waals surface area (Å²) >= 11 is 0. The van der Waals surface area contributed by atoms with Crippen LogP contribution in [0.5, 0.6) is 0 Å². The monoisotopic (exact) mass is 370 g/mol. The molecule has 1 aromatic carbocycles. The third-order valence-electron chi connectivity index (χ3n) is 6.20. The van der Waals surface area contributed by atoms with Gasteiger partial charge in [0.2, 0.25) is 11.8 Å². The quantitative estimate of drug-likeness (QED) is 0.799. The van der Waals surface area contributed by atoms with Gasteiger partial charge in [0, 0.05) is 51.0 Å². The van der Waals surface area contributed by atoms with E-state index in [4.69, 9.17) is 0 Å². The Balaban J connectivity index is 1.27. The topological polar surface area (TPSA) is 47.1 Å². The third-order valence-corrected chi connectivity index (χ3v) is 6.20. The van der Waals surface area contributed by atoms with E-state index < -0.39 is 0 Å². The van der Waals surface area contributed by atoms with Gasteiger partial charge in [0.25, 0.3) is 0 Å². The summed E-state index contributed by atoms with van der Waals surface area (Å²) in [5.74, 6) is 0.443. The number of carbonyl (C=O) groups excluding carboxylic acids is 2. The van der Waals surface area contributed by atoms with Gasteiger partial charge in [-0.2, -0.15) is 0 Å². The number of rotatable bonds is 4. The Bertz CT molecular complexity index is 693. The molecule has 0 radical (unpaired) electrons. The summed E-state index contributed by atoms with van der Waals surface area (Å²) in [6.07, 6.45) is 3.27. The molecule has 0 aliphatic carbocycles. The lowest BCUT2D eigenvalue weighted by Crippen LogP contribution is -2.53. The van der Waals surface area contributed by atoms with E-state index in [-0.39, 0.29) is 11.8 Å². The minimum absolute atomic E-state index is 0.198. The zero-order valence-corrected chi connectivity index (χ0v) is 16.3. The molecule has 0 aromatic heterocycles. The van der Waals surface area contributed by atoms with E-state index >= 15 is 0 Å². The van der Waals surface area contributed by atoms with Crippen LogP contribution >= 0.6 is 0 Å². The molecule has 1 atom stereocenters. The minimum Gasteiger partial charge on any atom is -0.359 e. The number of piperazine rings is 1. The van der Waals surface area contributed by atoms with Crippen molar-refractivity contribution in [3.8, 4) is 0 Å². The number of likely N-dealkylation sites (tertiary alicyclic amines) is 1. The maximum Gasteiger partial charge on any atom is 0.242 e. The summed E-state index contributed by atoms with van der Waals surface area (Å²) < 4.78 is 0. The molecule has 146 valence electrons. The van der Waals surface area contributed by atoms with E-state index in [1.807, 2.05) is 15.9 Å². The van der Waals surface area contributed by atoms with Crippen molar-refractivity contribution in [3.63, 3.8) is 0 Å². The summed E-state index contributed by atoms with van der Waals surface area (Å²) in [7, 11) is 0. The van der Waals surface area contributed by atoms with Crippen LogP contribution in [0.15, 0.2) is 24.3 Å². The van der Waals surface area contributed by atoms with E-state index in [0.29, 0.717) is 19.1 Å². The van der Waals surface area contributed by atoms with Crippen LogP contribution in [-0.2, 0) is 16.0 Å². The molecule has 4 rings (SSSR count). The molecule has 1 aromatic rings. The van der Waals surface area contributed by atoms with Crippen LogP contribution in [0.1, 0.15) is 25.3 Å². The second kappa shape index (κ2) is 7.89. The van der Waals surface area contributed by atoms with Gasteiger partial charge in [-0.1, -0.05) is 18.2 Å². The average molecular weight is 370 g/mol. The fourth-order valence-electron chi connectivity index (χ4n) is 4.53. The number of para-hydroxylation sites is 1. The smallest absolute Gasteiger partial charge is 0.242 e. The number of carbonyl (C=O) groups is 2. The molecule has 0 N–H and O–H groups in total. The molecule has 0 unspecified atom stereocenters. The Hall–Kier alpha value is -2.08. The van der Waals surface area contributed by atoms with E-state index in [9.17, 15) is 9.59 Å². The molecule has 0 saturated carbocycles. The predicted octanol–water partition coefficient (Wildman–Crippen LogP) is 1.20. The lowest BCUT2D eigenvalue weighted by atomic mass is 10.1. The van der Waals surface area contributed by atoms with E-state index in [0.717, 1.165) is 58.5 Å². The van der Waals surface area contributed by atoms with Crippen LogP contribution in [0, 0.1) is 0 Å². The number of hydrogen-bond acceptors (Lipinski definition) is 4. The number of benzene rings is 1. The Labute approximate surface area is 161 Å². The largest absolute Gasteiger partial charge is 0.359 e. The Morgan fingerprint density at radius 3 is 2.26 bits per heavy atom. The zero-order valence-electron chi connectivity index (χ0n) is 16.3. The van der Waals surface area contributed by atoms with Gasteiger partial charge in [-0.15, -0.1) is 0 Å². The highest BCUT2D eigenvalue weighted by Crippen LogP contribution is 2.31. The first-order valence-electron chi connectivity index (χ1n) is 10.2. The summed E-state index contributed by atoms with van der Waals surface area (Å²) in [6, 6.07) is 8.76. The second-order valence-corrected chi connectivity index (χ2v) is 8.05. The zero-order chi connectivity index (χ0) is 18.8. The molecule has 2 saturated heterocycles. The molecule has 3 aliphatic heterocycles. The summed E-state index contributed by atoms with van der Waals surface area (Å²) in [5.41, 5.74) is 2.54. The fraction of sp³-hybridized carbons (Fsp3) is 0.619. The summed E-state index contributed by atoms with van der Waals surface area (Å²) in [5, 5.41) is 0. The number of amides is 2. The van der Waals surface area contributed by atoms with Crippen molar-refractivity contribution in [2.24, 2.45) is 0 Å². The van der Waals surface area contributed by atoms with E-state index in [1.54, 1.807) is 0 Å². The molecule has 2 fully saturated rings. The highest BCUT2D eigenvalue weighted by molar-refractivity contribution is 5.83. The lowest BCUT2D eigenvalue weighted by molar-refractivity contribution is -0.133. The molecule has 6 nitrogen and oxygen atoms in total. The molecule has 0 spiro atoms. The van der Waals surface area contributed by atoms with Crippen molar-refractivity contribution in [1.29, 1.82) is 0 Å². The molecule has 3 aliphatic rings. The Morgan fingerprint density at radius 1 is 0.889 bits per heavy atom. The van der Waals surface area contributed by atoms with Crippen molar-refractivity contribution in [1.82, 2.24) is 14.7 Å². The maximum absolute atomic E-state index is 12.8. The third kappa shape index (κ3) is 3.95. The number of nitrogens with zero attached hydrogens (tertiary/aromatic N) is 4. The van der Waals surface area contributed by atoms with Crippen LogP contribution in [-0.4, -0.2) is 84.9 Å². The van der Waals surface area contributed by atoms with Crippen LogP contribution in [0.3, 0.4) is 0 Å². The van der Waals surface area contributed by atoms with Crippen molar-refractivity contribution in [2.75, 3.05) is 57.3 Å². The van der Waals surface area contributed by atoms with Crippen molar-refractivity contribution >= 4 is 17.5 Å². The van der Waals surface area contributed by atoms with Gasteiger partial charge in [0.15, 0.2) is 0 Å². The molecule has 0 bridgehead atoms. The fourth-order valence-corrected chi connectivity index (χ4v) is 4.53. The molecular formula is C21H30N4O2. The van der Waals surface area contributed by atoms with Gasteiger partial charge in [0.1, 0.15) is 0 Å². The van der Waals surface area contributed by atoms with Gasteiger partial charge in [-0.3, -0.25) is 14.5 Å². The van der Waals surface area contributed by atoms with Gasteiger partial charge < -0.3 is 14.7 Å². The van der Waals surface area contributed by atoms with Crippen molar-refractivity contribution < 1.29 is 9.59 Å². The van der Waals surface area contributed by atoms with E-state index in [2.05, 4.69) is 34.9 Å². The molecule has 27 heavy (non-hydrogen) atoms. The molecule has 2 amide bonds. The maximum atomic E-state index is 12.8. The van der Waals surface area contributed by atoms with Gasteiger partial charge >= 0.3 is 0 Å². The van der Waals surface area contributed by atoms with Gasteiger partial charge in [-0.25, -0.2) is 0 Å². The lowest BCUT2D eigenvalue weighted by Gasteiger charge is -2.36. The summed E-state index contributed by atoms with van der Waals surface area (Å²) in [6.45, 7) is 7.97. The number of hydrogen-bond donors (Lipinski definition) is 0. The van der Waals surface area contributed by atoms with Gasteiger partial charge in [-0.05, 0) is 37.8 Å². The van der Waals surface area contributed by atoms with E-state index in [1.165, 1.54) is 11.3 Å².